The predicted octanol–water partition coefficient (Wildman–Crippen LogP) is 4.84. The predicted molar refractivity (Wildman–Crippen MR) is 167 cm³/mol. The van der Waals surface area contributed by atoms with Crippen LogP contribution >= 0.6 is 34.9 Å². The van der Waals surface area contributed by atoms with Crippen LogP contribution in [0.3, 0.4) is 0 Å². The van der Waals surface area contributed by atoms with Gasteiger partial charge < -0.3 is 9.64 Å². The number of fused-ring (bicyclic) bond motifs is 2. The minimum atomic E-state index is -1.07. The van der Waals surface area contributed by atoms with E-state index in [9.17, 15) is 19.2 Å². The van der Waals surface area contributed by atoms with Crippen molar-refractivity contribution in [1.29, 1.82) is 0 Å². The topological polar surface area (TPSA) is 110 Å². The number of esters is 1. The molecule has 9 nitrogen and oxygen atoms in total. The van der Waals surface area contributed by atoms with Gasteiger partial charge in [0.1, 0.15) is 21.8 Å². The van der Waals surface area contributed by atoms with Crippen LogP contribution < -0.4 is 0 Å². The highest BCUT2D eigenvalue weighted by Gasteiger charge is 2.62. The van der Waals surface area contributed by atoms with Crippen LogP contribution in [0.2, 0.25) is 0 Å². The Morgan fingerprint density at radius 3 is 2.09 bits per heavy atom. The maximum atomic E-state index is 14.3. The van der Waals surface area contributed by atoms with Gasteiger partial charge in [-0.1, -0.05) is 95.9 Å². The van der Waals surface area contributed by atoms with Gasteiger partial charge in [0.05, 0.1) is 11.1 Å². The lowest BCUT2D eigenvalue weighted by atomic mass is 9.88. The molecule has 0 saturated carbocycles. The number of ether oxygens (including phenoxy) is 1. The monoisotopic (exact) mass is 642 g/mol. The smallest absolute Gasteiger partial charge is 0.316 e. The molecule has 222 valence electrons. The summed E-state index contributed by atoms with van der Waals surface area (Å²) in [5.74, 6) is -1.05. The summed E-state index contributed by atoms with van der Waals surface area (Å²) in [7, 11) is 0. The molecule has 12 heteroatoms. The second-order valence-electron chi connectivity index (χ2n) is 10.9. The van der Waals surface area contributed by atoms with Gasteiger partial charge in [-0.05, 0) is 30.2 Å². The molecular weight excluding hydrogens is 617 g/mol. The highest BCUT2D eigenvalue weighted by molar-refractivity contribution is 8.01. The Balaban J connectivity index is 1.16. The standard InChI is InChI=1S/C32H26N4O5S3/c1-19-33-34-31(44-19)43-18-32(30(40)41-25(20-10-4-2-5-11-20)21-12-6-3-7-13-21)16-35-28(39)24(29(35)42-17-32)36-26(37)22-14-8-9-15-23(22)27(36)38/h2-15,24-25,29H,16-18H2,1H3/t24?,29-,32?/m1/s1. The number of benzene rings is 3. The van der Waals surface area contributed by atoms with Crippen molar-refractivity contribution >= 4 is 58.6 Å². The van der Waals surface area contributed by atoms with Gasteiger partial charge in [-0.2, -0.15) is 0 Å². The third-order valence-electron chi connectivity index (χ3n) is 8.06. The summed E-state index contributed by atoms with van der Waals surface area (Å²) in [6, 6.07) is 24.8. The zero-order chi connectivity index (χ0) is 30.4. The lowest BCUT2D eigenvalue weighted by molar-refractivity contribution is -0.165. The van der Waals surface area contributed by atoms with Crippen molar-refractivity contribution in [2.45, 2.75) is 28.8 Å². The van der Waals surface area contributed by atoms with Crippen LogP contribution in [-0.2, 0) is 14.3 Å². The van der Waals surface area contributed by atoms with Crippen LogP contribution in [-0.4, -0.2) is 73.2 Å². The molecule has 1 aromatic heterocycles. The lowest BCUT2D eigenvalue weighted by Gasteiger charge is -2.55. The van der Waals surface area contributed by atoms with E-state index in [2.05, 4.69) is 10.2 Å². The molecule has 7 rings (SSSR count). The molecule has 0 aliphatic carbocycles. The fourth-order valence-electron chi connectivity index (χ4n) is 5.79. The number of carbonyl (C=O) groups is 4. The maximum Gasteiger partial charge on any atom is 0.316 e. The first-order chi connectivity index (χ1) is 21.4. The number of imide groups is 1. The molecular formula is C32H26N4O5S3. The molecule has 4 heterocycles. The zero-order valence-corrected chi connectivity index (χ0v) is 25.9. The van der Waals surface area contributed by atoms with E-state index in [1.165, 1.54) is 34.9 Å². The summed E-state index contributed by atoms with van der Waals surface area (Å²) >= 11 is 4.26. The van der Waals surface area contributed by atoms with E-state index in [1.807, 2.05) is 67.6 Å². The summed E-state index contributed by atoms with van der Waals surface area (Å²) in [6.45, 7) is 1.97. The summed E-state index contributed by atoms with van der Waals surface area (Å²) in [6.07, 6.45) is -0.642. The Kier molecular flexibility index (Phi) is 7.51. The summed E-state index contributed by atoms with van der Waals surface area (Å²) < 4.78 is 7.08. The van der Waals surface area contributed by atoms with Crippen molar-refractivity contribution in [3.05, 3.63) is 112 Å². The van der Waals surface area contributed by atoms with Crippen molar-refractivity contribution in [2.75, 3.05) is 18.1 Å². The number of aryl methyl sites for hydroxylation is 1. The van der Waals surface area contributed by atoms with Gasteiger partial charge in [-0.15, -0.1) is 22.0 Å². The van der Waals surface area contributed by atoms with Crippen molar-refractivity contribution in [1.82, 2.24) is 20.0 Å². The van der Waals surface area contributed by atoms with Gasteiger partial charge in [-0.3, -0.25) is 24.1 Å². The van der Waals surface area contributed by atoms with Crippen molar-refractivity contribution in [3.8, 4) is 0 Å². The molecule has 3 aliphatic heterocycles. The number of rotatable bonds is 8. The molecule has 2 fully saturated rings. The van der Waals surface area contributed by atoms with Gasteiger partial charge in [0.15, 0.2) is 10.4 Å². The van der Waals surface area contributed by atoms with E-state index in [0.29, 0.717) is 22.6 Å². The second-order valence-corrected chi connectivity index (χ2v) is 14.4. The molecule has 0 radical (unpaired) electrons. The van der Waals surface area contributed by atoms with Crippen LogP contribution in [0, 0.1) is 12.3 Å². The van der Waals surface area contributed by atoms with E-state index in [-0.39, 0.29) is 12.5 Å². The van der Waals surface area contributed by atoms with Crippen LogP contribution in [0.1, 0.15) is 43.0 Å². The largest absolute Gasteiger partial charge is 0.452 e. The van der Waals surface area contributed by atoms with Crippen LogP contribution in [0.5, 0.6) is 0 Å². The average Bonchev–Trinajstić information content (AvgIpc) is 3.59. The van der Waals surface area contributed by atoms with Crippen LogP contribution in [0.4, 0.5) is 0 Å². The number of aromatic nitrogens is 2. The van der Waals surface area contributed by atoms with E-state index >= 15 is 0 Å². The Hall–Kier alpha value is -4.00. The molecule has 44 heavy (non-hydrogen) atoms. The van der Waals surface area contributed by atoms with Gasteiger partial charge in [0, 0.05) is 18.1 Å². The molecule has 2 unspecified atom stereocenters. The van der Waals surface area contributed by atoms with Crippen LogP contribution in [0.15, 0.2) is 89.3 Å². The Labute approximate surface area is 266 Å². The molecule has 3 atom stereocenters. The number of carbonyl (C=O) groups excluding carboxylic acids is 4. The first kappa shape index (κ1) is 28.8. The number of nitrogens with zero attached hydrogens (tertiary/aromatic N) is 4. The van der Waals surface area contributed by atoms with E-state index < -0.39 is 40.7 Å². The molecule has 3 aromatic carbocycles. The van der Waals surface area contributed by atoms with Crippen molar-refractivity contribution in [3.63, 3.8) is 0 Å². The molecule has 0 bridgehead atoms. The van der Waals surface area contributed by atoms with Gasteiger partial charge in [-0.25, -0.2) is 0 Å². The summed E-state index contributed by atoms with van der Waals surface area (Å²) in [4.78, 5) is 57.1. The van der Waals surface area contributed by atoms with Crippen molar-refractivity contribution < 1.29 is 23.9 Å². The van der Waals surface area contributed by atoms with Gasteiger partial charge >= 0.3 is 5.97 Å². The van der Waals surface area contributed by atoms with E-state index in [0.717, 1.165) is 25.4 Å². The first-order valence-electron chi connectivity index (χ1n) is 14.0. The zero-order valence-electron chi connectivity index (χ0n) is 23.5. The van der Waals surface area contributed by atoms with Gasteiger partial charge in [0.2, 0.25) is 5.91 Å². The quantitative estimate of drug-likeness (QED) is 0.115. The first-order valence-corrected chi connectivity index (χ1v) is 16.8. The maximum absolute atomic E-state index is 14.3. The second kappa shape index (κ2) is 11.5. The minimum absolute atomic E-state index is 0.100. The molecule has 0 N–H and O–H groups in total. The normalized spacial score (nSPS) is 22.5. The van der Waals surface area contributed by atoms with Crippen molar-refractivity contribution in [2.24, 2.45) is 5.41 Å². The third-order valence-corrected chi connectivity index (χ3v) is 11.9. The SMILES string of the molecule is Cc1nnc(SCC2(C(=O)OC(c3ccccc3)c3ccccc3)CS[C@@H]3C(N4C(=O)c5ccccc5C4=O)C(=O)N3C2)s1. The fourth-order valence-corrected chi connectivity index (χ4v) is 9.50. The molecule has 3 aliphatic rings. The third kappa shape index (κ3) is 4.90. The fraction of sp³-hybridized carbons (Fsp3) is 0.250. The number of hydrogen-bond donors (Lipinski definition) is 0. The Morgan fingerprint density at radius 1 is 0.932 bits per heavy atom. The number of thioether (sulfide) groups is 2. The molecule has 0 spiro atoms. The highest BCUT2D eigenvalue weighted by Crippen LogP contribution is 2.48. The lowest BCUT2D eigenvalue weighted by Crippen LogP contribution is -2.74. The van der Waals surface area contributed by atoms with E-state index in [4.69, 9.17) is 4.74 Å². The molecule has 4 aromatic rings. The Bertz CT molecular complexity index is 1690. The number of hydrogen-bond acceptors (Lipinski definition) is 10. The van der Waals surface area contributed by atoms with Crippen LogP contribution in [0.25, 0.3) is 0 Å². The summed E-state index contributed by atoms with van der Waals surface area (Å²) in [5.41, 5.74) is 1.21. The number of β-lactam (4-membered cyclic amide) rings is 1. The highest BCUT2D eigenvalue weighted by atomic mass is 32.2. The summed E-state index contributed by atoms with van der Waals surface area (Å²) in [5, 5.41) is 8.70. The Morgan fingerprint density at radius 2 is 1.52 bits per heavy atom. The number of amides is 3. The molecule has 3 amide bonds. The average molecular weight is 643 g/mol. The van der Waals surface area contributed by atoms with Gasteiger partial charge in [0.25, 0.3) is 11.8 Å². The minimum Gasteiger partial charge on any atom is -0.452 e. The molecule has 2 saturated heterocycles. The van der Waals surface area contributed by atoms with E-state index in [1.54, 1.807) is 29.2 Å².